The van der Waals surface area contributed by atoms with E-state index in [2.05, 4.69) is 19.2 Å². The minimum Gasteiger partial charge on any atom is -0.395 e. The van der Waals surface area contributed by atoms with Crippen LogP contribution in [0.5, 0.6) is 0 Å². The number of aliphatic hydroxyl groups excluding tert-OH is 1. The molecule has 1 saturated carbocycles. The molecule has 3 nitrogen and oxygen atoms in total. The zero-order chi connectivity index (χ0) is 10.6. The summed E-state index contributed by atoms with van der Waals surface area (Å²) in [7, 11) is 0. The lowest BCUT2D eigenvalue weighted by molar-refractivity contribution is 0.185. The van der Waals surface area contributed by atoms with Crippen LogP contribution in [0, 0.1) is 5.92 Å². The van der Waals surface area contributed by atoms with Crippen molar-refractivity contribution in [1.82, 2.24) is 5.32 Å². The molecule has 1 aliphatic rings. The van der Waals surface area contributed by atoms with E-state index in [1.807, 2.05) is 0 Å². The van der Waals surface area contributed by atoms with Crippen LogP contribution in [0.15, 0.2) is 0 Å². The van der Waals surface area contributed by atoms with E-state index in [1.54, 1.807) is 0 Å². The zero-order valence-electron chi connectivity index (χ0n) is 9.37. The summed E-state index contributed by atoms with van der Waals surface area (Å²) in [5, 5.41) is 12.7. The molecule has 0 heterocycles. The fourth-order valence-electron chi connectivity index (χ4n) is 2.14. The molecule has 1 aliphatic carbocycles. The summed E-state index contributed by atoms with van der Waals surface area (Å²) in [5.41, 5.74) is 5.92. The van der Waals surface area contributed by atoms with Crippen molar-refractivity contribution in [3.05, 3.63) is 0 Å². The lowest BCUT2D eigenvalue weighted by Gasteiger charge is -2.32. The van der Waals surface area contributed by atoms with E-state index in [0.29, 0.717) is 18.0 Å². The van der Waals surface area contributed by atoms with Crippen molar-refractivity contribution < 1.29 is 5.11 Å². The van der Waals surface area contributed by atoms with Crippen LogP contribution in [0.1, 0.15) is 39.5 Å². The summed E-state index contributed by atoms with van der Waals surface area (Å²) >= 11 is 0. The molecule has 3 atom stereocenters. The molecule has 1 fully saturated rings. The maximum atomic E-state index is 9.20. The number of hydrogen-bond acceptors (Lipinski definition) is 3. The Morgan fingerprint density at radius 3 is 2.64 bits per heavy atom. The van der Waals surface area contributed by atoms with Crippen molar-refractivity contribution >= 4 is 0 Å². The first-order valence-electron chi connectivity index (χ1n) is 5.76. The number of nitrogens with one attached hydrogen (secondary N) is 1. The van der Waals surface area contributed by atoms with Crippen LogP contribution in [0.25, 0.3) is 0 Å². The highest BCUT2D eigenvalue weighted by Crippen LogP contribution is 2.18. The van der Waals surface area contributed by atoms with Crippen LogP contribution in [-0.4, -0.2) is 29.8 Å². The summed E-state index contributed by atoms with van der Waals surface area (Å²) in [6.07, 6.45) is 4.64. The van der Waals surface area contributed by atoms with E-state index in [0.717, 1.165) is 12.8 Å². The monoisotopic (exact) mass is 200 g/mol. The van der Waals surface area contributed by atoms with Gasteiger partial charge >= 0.3 is 0 Å². The predicted octanol–water partition coefficient (Wildman–Crippen LogP) is 0.863. The molecule has 0 aromatic rings. The van der Waals surface area contributed by atoms with Gasteiger partial charge in [-0.25, -0.2) is 0 Å². The molecule has 3 unspecified atom stereocenters. The molecule has 0 aromatic heterocycles. The van der Waals surface area contributed by atoms with E-state index in [9.17, 15) is 5.11 Å². The SMILES string of the molecule is CC(C)C(CO)NC1CCCC(N)C1. The summed E-state index contributed by atoms with van der Waals surface area (Å²) < 4.78 is 0. The Kier molecular flexibility index (Phi) is 4.85. The molecule has 0 bridgehead atoms. The molecular weight excluding hydrogens is 176 g/mol. The standard InChI is InChI=1S/C11H24N2O/c1-8(2)11(7-14)13-10-5-3-4-9(12)6-10/h8-11,13-14H,3-7,12H2,1-2H3. The van der Waals surface area contributed by atoms with Gasteiger partial charge in [0.25, 0.3) is 0 Å². The van der Waals surface area contributed by atoms with Gasteiger partial charge in [0.2, 0.25) is 0 Å². The average molecular weight is 200 g/mol. The molecule has 0 aliphatic heterocycles. The second-order valence-electron chi connectivity index (χ2n) is 4.82. The first-order chi connectivity index (χ1) is 6.63. The van der Waals surface area contributed by atoms with Gasteiger partial charge in [-0.15, -0.1) is 0 Å². The van der Waals surface area contributed by atoms with E-state index < -0.39 is 0 Å². The molecular formula is C11H24N2O. The molecule has 0 amide bonds. The topological polar surface area (TPSA) is 58.3 Å². The van der Waals surface area contributed by atoms with Crippen LogP contribution < -0.4 is 11.1 Å². The van der Waals surface area contributed by atoms with E-state index in [-0.39, 0.29) is 12.6 Å². The van der Waals surface area contributed by atoms with Crippen LogP contribution in [0.2, 0.25) is 0 Å². The lowest BCUT2D eigenvalue weighted by atomic mass is 9.90. The van der Waals surface area contributed by atoms with Crippen molar-refractivity contribution in [2.75, 3.05) is 6.61 Å². The first kappa shape index (κ1) is 12.0. The highest BCUT2D eigenvalue weighted by molar-refractivity contribution is 4.83. The molecule has 3 heteroatoms. The molecule has 0 saturated heterocycles. The maximum absolute atomic E-state index is 9.20. The molecule has 84 valence electrons. The molecule has 0 aromatic carbocycles. The Morgan fingerprint density at radius 2 is 2.14 bits per heavy atom. The van der Waals surface area contributed by atoms with E-state index >= 15 is 0 Å². The van der Waals surface area contributed by atoms with Gasteiger partial charge in [0.15, 0.2) is 0 Å². The molecule has 0 radical (unpaired) electrons. The highest BCUT2D eigenvalue weighted by Gasteiger charge is 2.22. The van der Waals surface area contributed by atoms with E-state index in [1.165, 1.54) is 12.8 Å². The second kappa shape index (κ2) is 5.69. The van der Waals surface area contributed by atoms with Gasteiger partial charge in [-0.1, -0.05) is 20.3 Å². The highest BCUT2D eigenvalue weighted by atomic mass is 16.3. The van der Waals surface area contributed by atoms with Gasteiger partial charge in [0, 0.05) is 18.1 Å². The quantitative estimate of drug-likeness (QED) is 0.631. The number of rotatable bonds is 4. The van der Waals surface area contributed by atoms with Gasteiger partial charge < -0.3 is 16.2 Å². The second-order valence-corrected chi connectivity index (χ2v) is 4.82. The van der Waals surface area contributed by atoms with Crippen LogP contribution in [-0.2, 0) is 0 Å². The average Bonchev–Trinajstić information content (AvgIpc) is 2.14. The summed E-state index contributed by atoms with van der Waals surface area (Å²) in [6.45, 7) is 4.50. The zero-order valence-corrected chi connectivity index (χ0v) is 9.37. The Hall–Kier alpha value is -0.120. The van der Waals surface area contributed by atoms with Crippen LogP contribution >= 0.6 is 0 Å². The van der Waals surface area contributed by atoms with Crippen molar-refractivity contribution in [2.24, 2.45) is 11.7 Å². The molecule has 0 spiro atoms. The summed E-state index contributed by atoms with van der Waals surface area (Å²) in [5.74, 6) is 0.484. The largest absolute Gasteiger partial charge is 0.395 e. The van der Waals surface area contributed by atoms with Gasteiger partial charge in [-0.2, -0.15) is 0 Å². The lowest BCUT2D eigenvalue weighted by Crippen LogP contribution is -2.47. The van der Waals surface area contributed by atoms with Gasteiger partial charge in [-0.05, 0) is 25.2 Å². The van der Waals surface area contributed by atoms with Gasteiger partial charge in [-0.3, -0.25) is 0 Å². The maximum Gasteiger partial charge on any atom is 0.0587 e. The Morgan fingerprint density at radius 1 is 1.43 bits per heavy atom. The third kappa shape index (κ3) is 3.56. The van der Waals surface area contributed by atoms with Gasteiger partial charge in [0.1, 0.15) is 0 Å². The van der Waals surface area contributed by atoms with Crippen molar-refractivity contribution in [1.29, 1.82) is 0 Å². The summed E-state index contributed by atoms with van der Waals surface area (Å²) in [6, 6.07) is 1.09. The molecule has 14 heavy (non-hydrogen) atoms. The fourth-order valence-corrected chi connectivity index (χ4v) is 2.14. The minimum absolute atomic E-state index is 0.226. The third-order valence-electron chi connectivity index (χ3n) is 3.17. The summed E-state index contributed by atoms with van der Waals surface area (Å²) in [4.78, 5) is 0. The first-order valence-corrected chi connectivity index (χ1v) is 5.76. The Labute approximate surface area is 87.1 Å². The number of aliphatic hydroxyl groups is 1. The van der Waals surface area contributed by atoms with Crippen molar-refractivity contribution in [3.8, 4) is 0 Å². The Bertz CT molecular complexity index is 161. The minimum atomic E-state index is 0.226. The fraction of sp³-hybridized carbons (Fsp3) is 1.00. The van der Waals surface area contributed by atoms with Crippen LogP contribution in [0.3, 0.4) is 0 Å². The predicted molar refractivity (Wildman–Crippen MR) is 59.1 cm³/mol. The smallest absolute Gasteiger partial charge is 0.0587 e. The van der Waals surface area contributed by atoms with Crippen LogP contribution in [0.4, 0.5) is 0 Å². The Balaban J connectivity index is 2.33. The normalized spacial score (nSPS) is 30.6. The molecule has 1 rings (SSSR count). The van der Waals surface area contributed by atoms with Gasteiger partial charge in [0.05, 0.1) is 6.61 Å². The number of hydrogen-bond donors (Lipinski definition) is 3. The van der Waals surface area contributed by atoms with Crippen molar-refractivity contribution in [3.63, 3.8) is 0 Å². The number of nitrogens with two attached hydrogens (primary N) is 1. The van der Waals surface area contributed by atoms with Crippen molar-refractivity contribution in [2.45, 2.75) is 57.7 Å². The van der Waals surface area contributed by atoms with E-state index in [4.69, 9.17) is 5.73 Å². The molecule has 4 N–H and O–H groups in total. The third-order valence-corrected chi connectivity index (χ3v) is 3.17.